The zero-order chi connectivity index (χ0) is 45.1. The minimum Gasteiger partial charge on any atom is -0.490 e. The van der Waals surface area contributed by atoms with Gasteiger partial charge in [-0.3, -0.25) is 9.58 Å². The molecule has 6 aromatic rings. The molecule has 65 heavy (non-hydrogen) atoms. The Kier molecular flexibility index (Phi) is 13.2. The van der Waals surface area contributed by atoms with Gasteiger partial charge in [0.25, 0.3) is 0 Å². The van der Waals surface area contributed by atoms with Crippen molar-refractivity contribution < 1.29 is 28.3 Å². The van der Waals surface area contributed by atoms with E-state index in [4.69, 9.17) is 38.3 Å². The van der Waals surface area contributed by atoms with E-state index in [0.717, 1.165) is 109 Å². The standard InChI is InChI=1S/C53H64BN5O6/c1-37(34-60-42-22-24-43(25-23-42)63-48-20-14-19-46(38(48)2)54-64-52(3,4)53(5,6)65-54)58-29-31-59(32-30-58)41-21-26-44-47(33-41)57(7)56-50(44)45-27-28-49(61-35-39-15-10-8-11-16-39)55-51(45)62-36-40-17-12-9-13-18-40/h8-21,26-28,33,37,42-43H,22-25,29-32,34-36H2,1-7H3/t37-,42?,43?/m1/s1. The molecule has 12 heteroatoms. The SMILES string of the molecule is Cc1c(OC2CCC(OC[C@@H](C)N3CCN(c4ccc5c(-c6ccc(OCc7ccccc7)nc6OCc6ccccc6)nn(C)c5c4)CC3)CC2)cccc1B1OC(C)(C)C(C)(C)O1. The highest BCUT2D eigenvalue weighted by Gasteiger charge is 2.52. The van der Waals surface area contributed by atoms with Gasteiger partial charge in [0, 0.05) is 56.4 Å². The van der Waals surface area contributed by atoms with Gasteiger partial charge in [-0.25, -0.2) is 0 Å². The Morgan fingerprint density at radius 1 is 0.738 bits per heavy atom. The fourth-order valence-corrected chi connectivity index (χ4v) is 9.18. The first kappa shape index (κ1) is 44.8. The average Bonchev–Trinajstić information content (AvgIpc) is 3.77. The molecule has 1 aliphatic carbocycles. The maximum atomic E-state index is 6.61. The normalized spacial score (nSPS) is 20.2. The topological polar surface area (TPSA) is 92.6 Å². The molecule has 9 rings (SSSR count). The second kappa shape index (κ2) is 19.2. The molecule has 3 fully saturated rings. The van der Waals surface area contributed by atoms with Crippen molar-refractivity contribution in [3.63, 3.8) is 0 Å². The molecule has 1 saturated carbocycles. The number of benzene rings is 4. The fourth-order valence-electron chi connectivity index (χ4n) is 9.18. The van der Waals surface area contributed by atoms with Gasteiger partial charge in [0.2, 0.25) is 11.8 Å². The largest absolute Gasteiger partial charge is 0.495 e. The predicted octanol–water partition coefficient (Wildman–Crippen LogP) is 9.32. The Morgan fingerprint density at radius 3 is 2.06 bits per heavy atom. The van der Waals surface area contributed by atoms with Crippen LogP contribution in [0.1, 0.15) is 77.0 Å². The molecular weight excluding hydrogens is 813 g/mol. The number of anilines is 1. The van der Waals surface area contributed by atoms with Crippen LogP contribution in [0.2, 0.25) is 0 Å². The first-order valence-electron chi connectivity index (χ1n) is 23.4. The minimum absolute atomic E-state index is 0.176. The molecule has 3 aliphatic rings. The van der Waals surface area contributed by atoms with Gasteiger partial charge >= 0.3 is 7.12 Å². The lowest BCUT2D eigenvalue weighted by Crippen LogP contribution is -2.51. The van der Waals surface area contributed by atoms with Crippen LogP contribution in [0.3, 0.4) is 0 Å². The monoisotopic (exact) mass is 877 g/mol. The van der Waals surface area contributed by atoms with Gasteiger partial charge in [-0.05, 0) is 120 Å². The summed E-state index contributed by atoms with van der Waals surface area (Å²) >= 11 is 0. The van der Waals surface area contributed by atoms with E-state index in [1.54, 1.807) is 0 Å². The number of fused-ring (bicyclic) bond motifs is 1. The van der Waals surface area contributed by atoms with Gasteiger partial charge in [-0.15, -0.1) is 0 Å². The number of rotatable bonds is 15. The number of nitrogens with zero attached hydrogens (tertiary/aromatic N) is 5. The van der Waals surface area contributed by atoms with Crippen LogP contribution in [0.15, 0.2) is 109 Å². The van der Waals surface area contributed by atoms with E-state index in [1.165, 1.54) is 5.69 Å². The summed E-state index contributed by atoms with van der Waals surface area (Å²) in [7, 11) is 1.61. The van der Waals surface area contributed by atoms with E-state index >= 15 is 0 Å². The van der Waals surface area contributed by atoms with E-state index in [1.807, 2.05) is 72.4 Å². The van der Waals surface area contributed by atoms with Gasteiger partial charge in [0.15, 0.2) is 0 Å². The van der Waals surface area contributed by atoms with Gasteiger partial charge in [-0.2, -0.15) is 10.1 Å². The Hall–Kier alpha value is -5.40. The number of aryl methyl sites for hydroxylation is 1. The van der Waals surface area contributed by atoms with Crippen LogP contribution in [0.25, 0.3) is 22.2 Å². The molecule has 340 valence electrons. The molecule has 0 bridgehead atoms. The van der Waals surface area contributed by atoms with Crippen molar-refractivity contribution in [2.24, 2.45) is 7.05 Å². The lowest BCUT2D eigenvalue weighted by Gasteiger charge is -2.39. The van der Waals surface area contributed by atoms with Crippen molar-refractivity contribution in [1.29, 1.82) is 0 Å². The van der Waals surface area contributed by atoms with E-state index < -0.39 is 7.12 Å². The molecule has 2 saturated heterocycles. The van der Waals surface area contributed by atoms with Crippen molar-refractivity contribution in [2.45, 2.75) is 110 Å². The maximum Gasteiger partial charge on any atom is 0.495 e. The lowest BCUT2D eigenvalue weighted by molar-refractivity contribution is -0.0222. The van der Waals surface area contributed by atoms with Crippen LogP contribution in [0.4, 0.5) is 5.69 Å². The molecule has 11 nitrogen and oxygen atoms in total. The summed E-state index contributed by atoms with van der Waals surface area (Å²) in [5.74, 6) is 1.92. The highest BCUT2D eigenvalue weighted by Crippen LogP contribution is 2.39. The van der Waals surface area contributed by atoms with Gasteiger partial charge < -0.3 is 33.2 Å². The number of pyridine rings is 1. The second-order valence-electron chi connectivity index (χ2n) is 19.0. The molecule has 2 aliphatic heterocycles. The molecule has 0 spiro atoms. The molecule has 1 atom stereocenters. The van der Waals surface area contributed by atoms with Crippen molar-refractivity contribution in [3.05, 3.63) is 126 Å². The van der Waals surface area contributed by atoms with Crippen molar-refractivity contribution in [2.75, 3.05) is 37.7 Å². The summed E-state index contributed by atoms with van der Waals surface area (Å²) in [6.45, 7) is 18.2. The quantitative estimate of drug-likeness (QED) is 0.0930. The highest BCUT2D eigenvalue weighted by atomic mass is 16.7. The third kappa shape index (κ3) is 10.1. The van der Waals surface area contributed by atoms with Gasteiger partial charge in [-0.1, -0.05) is 72.8 Å². The van der Waals surface area contributed by atoms with Crippen LogP contribution in [0.5, 0.6) is 17.5 Å². The van der Waals surface area contributed by atoms with Crippen LogP contribution < -0.4 is 24.6 Å². The molecule has 4 heterocycles. The molecule has 0 N–H and O–H groups in total. The second-order valence-corrected chi connectivity index (χ2v) is 19.0. The first-order valence-corrected chi connectivity index (χ1v) is 23.4. The Morgan fingerprint density at radius 2 is 1.38 bits per heavy atom. The molecule has 0 unspecified atom stereocenters. The molecule has 0 amide bonds. The first-order chi connectivity index (χ1) is 31.4. The van der Waals surface area contributed by atoms with Crippen LogP contribution in [-0.2, 0) is 34.3 Å². The van der Waals surface area contributed by atoms with E-state index in [-0.39, 0.29) is 23.4 Å². The number of aromatic nitrogens is 3. The van der Waals surface area contributed by atoms with Crippen molar-refractivity contribution in [3.8, 4) is 28.8 Å². The van der Waals surface area contributed by atoms with Gasteiger partial charge in [0.05, 0.1) is 41.1 Å². The van der Waals surface area contributed by atoms with Crippen LogP contribution in [0, 0.1) is 6.92 Å². The zero-order valence-electron chi connectivity index (χ0n) is 39.2. The number of hydrogen-bond acceptors (Lipinski definition) is 10. The summed E-state index contributed by atoms with van der Waals surface area (Å²) in [4.78, 5) is 9.91. The summed E-state index contributed by atoms with van der Waals surface area (Å²) in [6.07, 6.45) is 4.42. The van der Waals surface area contributed by atoms with E-state index in [9.17, 15) is 0 Å². The zero-order valence-corrected chi connectivity index (χ0v) is 39.2. The fraction of sp³-hybridized carbons (Fsp3) is 0.434. The molecule has 2 aromatic heterocycles. The lowest BCUT2D eigenvalue weighted by atomic mass is 9.76. The van der Waals surface area contributed by atoms with E-state index in [2.05, 4.69) is 99.9 Å². The maximum absolute atomic E-state index is 6.61. The predicted molar refractivity (Wildman–Crippen MR) is 258 cm³/mol. The van der Waals surface area contributed by atoms with Crippen molar-refractivity contribution in [1.82, 2.24) is 19.7 Å². The Bertz CT molecular complexity index is 2520. The molecule has 0 radical (unpaired) electrons. The summed E-state index contributed by atoms with van der Waals surface area (Å²) in [5.41, 5.74) is 7.42. The third-order valence-electron chi connectivity index (χ3n) is 14.0. The van der Waals surface area contributed by atoms with E-state index in [0.29, 0.717) is 31.0 Å². The minimum atomic E-state index is -0.399. The molecule has 4 aromatic carbocycles. The third-order valence-corrected chi connectivity index (χ3v) is 14.0. The number of hydrogen-bond donors (Lipinski definition) is 0. The Labute approximate surface area is 385 Å². The van der Waals surface area contributed by atoms with Crippen molar-refractivity contribution >= 4 is 29.2 Å². The van der Waals surface area contributed by atoms with Crippen LogP contribution in [-0.4, -0.2) is 89.0 Å². The smallest absolute Gasteiger partial charge is 0.490 e. The van der Waals surface area contributed by atoms with Crippen LogP contribution >= 0.6 is 0 Å². The van der Waals surface area contributed by atoms with Gasteiger partial charge in [0.1, 0.15) is 24.7 Å². The number of ether oxygens (including phenoxy) is 4. The summed E-state index contributed by atoms with van der Waals surface area (Å²) in [5, 5.41) is 6.08. The number of piperazine rings is 1. The highest BCUT2D eigenvalue weighted by molar-refractivity contribution is 6.62. The Balaban J connectivity index is 0.776. The summed E-state index contributed by atoms with van der Waals surface area (Å²) < 4.78 is 40.4. The summed E-state index contributed by atoms with van der Waals surface area (Å²) in [6, 6.07) is 37.4. The average molecular weight is 878 g/mol. The molecular formula is C53H64BN5O6.